The first-order valence-electron chi connectivity index (χ1n) is 11.7. The summed E-state index contributed by atoms with van der Waals surface area (Å²) >= 11 is 0. The Balaban J connectivity index is 1.60. The lowest BCUT2D eigenvalue weighted by Gasteiger charge is -2.36. The van der Waals surface area contributed by atoms with Crippen molar-refractivity contribution in [1.29, 1.82) is 0 Å². The number of nitrogens with one attached hydrogen (secondary N) is 1. The van der Waals surface area contributed by atoms with Gasteiger partial charge in [0.05, 0.1) is 28.1 Å². The van der Waals surface area contributed by atoms with E-state index in [9.17, 15) is 27.6 Å². The van der Waals surface area contributed by atoms with E-state index in [-0.39, 0.29) is 30.0 Å². The predicted octanol–water partition coefficient (Wildman–Crippen LogP) is 4.16. The van der Waals surface area contributed by atoms with Crippen LogP contribution in [0.2, 0.25) is 0 Å². The number of anilines is 1. The molecule has 1 aliphatic carbocycles. The van der Waals surface area contributed by atoms with Crippen molar-refractivity contribution in [2.24, 2.45) is 0 Å². The van der Waals surface area contributed by atoms with E-state index in [2.05, 4.69) is 15.3 Å². The molecule has 190 valence electrons. The Morgan fingerprint density at radius 1 is 1.03 bits per heavy atom. The number of carboxylic acid groups (broad SMARTS) is 1. The highest BCUT2D eigenvalue weighted by atomic mass is 19.1. The summed E-state index contributed by atoms with van der Waals surface area (Å²) < 4.78 is 43.3. The number of nitrogens with zero attached hydrogens (tertiary/aromatic N) is 3. The molecule has 0 saturated carbocycles. The SMILES string of the molecule is O=C(O)N[C@H]1CCCN(c2c(C(=O)c3ccc(F)c(-c4c(F)cccc4F)n3)cnc3c2C(=O)CC3)C1. The second kappa shape index (κ2) is 9.64. The van der Waals surface area contributed by atoms with Crippen molar-refractivity contribution in [1.82, 2.24) is 15.3 Å². The standard InChI is InChI=1S/C26H21F3N4O4/c27-15-4-1-5-16(28)21(15)23-17(29)6-7-19(32-23)25(35)14-11-30-18-8-9-20(34)22(18)24(14)33-10-2-3-13(12-33)31-26(36)37/h1,4-7,11,13,31H,2-3,8-10,12H2,(H,36,37)/t13-/m0/s1. The number of fused-ring (bicyclic) bond motifs is 1. The van der Waals surface area contributed by atoms with Crippen LogP contribution in [0.4, 0.5) is 23.7 Å². The number of hydrogen-bond donors (Lipinski definition) is 2. The molecule has 3 heterocycles. The molecule has 5 rings (SSSR count). The van der Waals surface area contributed by atoms with Crippen LogP contribution in [-0.4, -0.2) is 51.9 Å². The number of ketones is 2. The van der Waals surface area contributed by atoms with Crippen LogP contribution in [0.1, 0.15) is 51.4 Å². The fraction of sp³-hybridized carbons (Fsp3) is 0.269. The van der Waals surface area contributed by atoms with E-state index in [1.807, 2.05) is 0 Å². The van der Waals surface area contributed by atoms with Gasteiger partial charge in [-0.15, -0.1) is 0 Å². The van der Waals surface area contributed by atoms with Gasteiger partial charge in [-0.1, -0.05) is 6.07 Å². The highest BCUT2D eigenvalue weighted by Gasteiger charge is 2.34. The number of carbonyl (C=O) groups is 3. The van der Waals surface area contributed by atoms with Gasteiger partial charge in [-0.05, 0) is 43.5 Å². The van der Waals surface area contributed by atoms with Gasteiger partial charge in [0.2, 0.25) is 5.78 Å². The van der Waals surface area contributed by atoms with Crippen LogP contribution in [0.3, 0.4) is 0 Å². The smallest absolute Gasteiger partial charge is 0.404 e. The number of rotatable bonds is 5. The summed E-state index contributed by atoms with van der Waals surface area (Å²) in [7, 11) is 0. The molecule has 11 heteroatoms. The molecular weight excluding hydrogens is 489 g/mol. The summed E-state index contributed by atoms with van der Waals surface area (Å²) in [6.07, 6.45) is 1.97. The Morgan fingerprint density at radius 3 is 2.51 bits per heavy atom. The molecule has 0 unspecified atom stereocenters. The van der Waals surface area contributed by atoms with Crippen molar-refractivity contribution in [3.63, 3.8) is 0 Å². The molecule has 37 heavy (non-hydrogen) atoms. The molecule has 2 N–H and O–H groups in total. The number of pyridine rings is 2. The number of piperidine rings is 1. The number of amides is 1. The minimum absolute atomic E-state index is 0.0176. The number of hydrogen-bond acceptors (Lipinski definition) is 6. The first-order chi connectivity index (χ1) is 17.7. The summed E-state index contributed by atoms with van der Waals surface area (Å²) in [6.45, 7) is 0.684. The lowest BCUT2D eigenvalue weighted by molar-refractivity contribution is 0.0994. The van der Waals surface area contributed by atoms with Crippen molar-refractivity contribution < 1.29 is 32.7 Å². The zero-order valence-electron chi connectivity index (χ0n) is 19.4. The van der Waals surface area contributed by atoms with Crippen LogP contribution in [0, 0.1) is 17.5 Å². The van der Waals surface area contributed by atoms with E-state index >= 15 is 0 Å². The fourth-order valence-electron chi connectivity index (χ4n) is 4.95. The van der Waals surface area contributed by atoms with Crippen LogP contribution in [0.25, 0.3) is 11.3 Å². The van der Waals surface area contributed by atoms with Crippen molar-refractivity contribution in [2.75, 3.05) is 18.0 Å². The topological polar surface area (TPSA) is 112 Å². The minimum atomic E-state index is -1.18. The Labute approximate surface area is 209 Å². The van der Waals surface area contributed by atoms with E-state index in [0.29, 0.717) is 42.8 Å². The van der Waals surface area contributed by atoms with Gasteiger partial charge in [-0.25, -0.2) is 22.9 Å². The monoisotopic (exact) mass is 510 g/mol. The first kappa shape index (κ1) is 24.4. The summed E-state index contributed by atoms with van der Waals surface area (Å²) in [5, 5.41) is 11.6. The molecule has 2 aromatic heterocycles. The number of benzene rings is 1. The quantitative estimate of drug-likeness (QED) is 0.496. The number of Topliss-reactive ketones (excluding diaryl/α,β-unsaturated/α-hetero) is 1. The van der Waals surface area contributed by atoms with Crippen LogP contribution >= 0.6 is 0 Å². The van der Waals surface area contributed by atoms with E-state index < -0.39 is 46.6 Å². The first-order valence-corrected chi connectivity index (χ1v) is 11.7. The summed E-state index contributed by atoms with van der Waals surface area (Å²) in [4.78, 5) is 47.7. The van der Waals surface area contributed by atoms with Crippen molar-refractivity contribution in [2.45, 2.75) is 31.7 Å². The second-order valence-electron chi connectivity index (χ2n) is 8.95. The van der Waals surface area contributed by atoms with Crippen LogP contribution in [-0.2, 0) is 6.42 Å². The van der Waals surface area contributed by atoms with Gasteiger partial charge in [-0.2, -0.15) is 0 Å². The van der Waals surface area contributed by atoms with E-state index in [1.165, 1.54) is 6.20 Å². The zero-order valence-corrected chi connectivity index (χ0v) is 19.4. The number of carbonyl (C=O) groups excluding carboxylic acids is 2. The normalized spacial score (nSPS) is 17.0. The highest BCUT2D eigenvalue weighted by molar-refractivity contribution is 6.16. The minimum Gasteiger partial charge on any atom is -0.465 e. The third kappa shape index (κ3) is 4.52. The zero-order chi connectivity index (χ0) is 26.3. The average Bonchev–Trinajstić information content (AvgIpc) is 3.24. The van der Waals surface area contributed by atoms with Crippen molar-refractivity contribution >= 4 is 23.3 Å². The number of aromatic nitrogens is 2. The molecule has 1 aromatic carbocycles. The summed E-state index contributed by atoms with van der Waals surface area (Å²) in [5.74, 6) is -3.99. The molecule has 0 spiro atoms. The van der Waals surface area contributed by atoms with Crippen LogP contribution in [0.15, 0.2) is 36.5 Å². The predicted molar refractivity (Wildman–Crippen MR) is 126 cm³/mol. The second-order valence-corrected chi connectivity index (χ2v) is 8.95. The molecule has 1 fully saturated rings. The number of halogens is 3. The molecule has 0 bridgehead atoms. The van der Waals surface area contributed by atoms with Gasteiger partial charge in [0, 0.05) is 31.7 Å². The molecule has 3 aromatic rings. The fourth-order valence-corrected chi connectivity index (χ4v) is 4.95. The third-order valence-corrected chi connectivity index (χ3v) is 6.59. The highest BCUT2D eigenvalue weighted by Crippen LogP contribution is 2.36. The van der Waals surface area contributed by atoms with Crippen molar-refractivity contribution in [3.05, 3.63) is 76.5 Å². The van der Waals surface area contributed by atoms with E-state index in [4.69, 9.17) is 5.11 Å². The van der Waals surface area contributed by atoms with Crippen LogP contribution < -0.4 is 10.2 Å². The summed E-state index contributed by atoms with van der Waals surface area (Å²) in [5.41, 5.74) is -0.476. The Morgan fingerprint density at radius 2 is 1.78 bits per heavy atom. The molecular formula is C26H21F3N4O4. The third-order valence-electron chi connectivity index (χ3n) is 6.59. The summed E-state index contributed by atoms with van der Waals surface area (Å²) in [6, 6.07) is 4.63. The van der Waals surface area contributed by atoms with E-state index in [0.717, 1.165) is 30.3 Å². The lowest BCUT2D eigenvalue weighted by atomic mass is 9.97. The molecule has 1 atom stereocenters. The van der Waals surface area contributed by atoms with Gasteiger partial charge in [0.1, 0.15) is 28.8 Å². The van der Waals surface area contributed by atoms with Gasteiger partial charge >= 0.3 is 6.09 Å². The number of aryl methyl sites for hydroxylation is 1. The average molecular weight is 510 g/mol. The largest absolute Gasteiger partial charge is 0.465 e. The molecule has 1 amide bonds. The Bertz CT molecular complexity index is 1430. The van der Waals surface area contributed by atoms with Crippen LogP contribution in [0.5, 0.6) is 0 Å². The van der Waals surface area contributed by atoms with Gasteiger partial charge in [0.25, 0.3) is 0 Å². The maximum atomic E-state index is 14.6. The van der Waals surface area contributed by atoms with Gasteiger partial charge in [0.15, 0.2) is 5.78 Å². The molecule has 8 nitrogen and oxygen atoms in total. The maximum absolute atomic E-state index is 14.6. The maximum Gasteiger partial charge on any atom is 0.404 e. The molecule has 1 aliphatic heterocycles. The Kier molecular flexibility index (Phi) is 6.36. The van der Waals surface area contributed by atoms with Crippen molar-refractivity contribution in [3.8, 4) is 11.3 Å². The molecule has 0 radical (unpaired) electrons. The van der Waals surface area contributed by atoms with Gasteiger partial charge < -0.3 is 15.3 Å². The molecule has 2 aliphatic rings. The molecule has 1 saturated heterocycles. The Hall–Kier alpha value is -4.28. The van der Waals surface area contributed by atoms with E-state index in [1.54, 1.807) is 4.90 Å². The van der Waals surface area contributed by atoms with Gasteiger partial charge in [-0.3, -0.25) is 14.6 Å². The lowest BCUT2D eigenvalue weighted by Crippen LogP contribution is -2.48.